The molecule has 6 nitrogen and oxygen atoms in total. The number of hydrogen-bond donors (Lipinski definition) is 1. The molecule has 1 N–H and O–H groups in total. The van der Waals surface area contributed by atoms with Crippen molar-refractivity contribution in [3.8, 4) is 5.75 Å². The van der Waals surface area contributed by atoms with E-state index in [1.165, 1.54) is 4.57 Å². The Kier molecular flexibility index (Phi) is 4.57. The number of hydrogen-bond acceptors (Lipinski definition) is 4. The number of carbonyl (C=O) groups is 2. The molecule has 0 aliphatic carbocycles. The molecule has 24 heavy (non-hydrogen) atoms. The summed E-state index contributed by atoms with van der Waals surface area (Å²) in [6, 6.07) is 5.42. The van der Waals surface area contributed by atoms with Crippen molar-refractivity contribution in [1.82, 2.24) is 9.47 Å². The molecule has 0 spiro atoms. The first-order chi connectivity index (χ1) is 11.6. The number of methoxy groups -OCH3 is 1. The largest absolute Gasteiger partial charge is 0.497 e. The van der Waals surface area contributed by atoms with Crippen molar-refractivity contribution in [2.45, 2.75) is 32.7 Å². The number of carbonyl (C=O) groups excluding carboxylic acids is 1. The maximum Gasteiger partial charge on any atom is 0.395 e. The fourth-order valence-corrected chi connectivity index (χ4v) is 3.42. The summed E-state index contributed by atoms with van der Waals surface area (Å²) in [6.45, 7) is 4.63. The molecule has 1 aliphatic heterocycles. The highest BCUT2D eigenvalue weighted by Gasteiger charge is 2.29. The topological polar surface area (TPSA) is 71.8 Å². The number of benzene rings is 1. The summed E-state index contributed by atoms with van der Waals surface area (Å²) in [5, 5.41) is 10.1. The molecule has 1 aliphatic rings. The molecular weight excluding hydrogens is 308 g/mol. The highest BCUT2D eigenvalue weighted by molar-refractivity contribution is 6.34. The van der Waals surface area contributed by atoms with Crippen LogP contribution in [0.2, 0.25) is 0 Å². The number of carboxylic acid groups (broad SMARTS) is 1. The van der Waals surface area contributed by atoms with Gasteiger partial charge in [-0.15, -0.1) is 0 Å². The summed E-state index contributed by atoms with van der Waals surface area (Å²) in [7, 11) is 1.60. The van der Waals surface area contributed by atoms with Crippen LogP contribution in [0, 0.1) is 0 Å². The van der Waals surface area contributed by atoms with Crippen LogP contribution in [0.25, 0.3) is 10.9 Å². The molecule has 0 saturated carbocycles. The van der Waals surface area contributed by atoms with Crippen molar-refractivity contribution in [3.63, 3.8) is 0 Å². The zero-order chi connectivity index (χ0) is 17.3. The molecular formula is C18H22N2O4. The zero-order valence-electron chi connectivity index (χ0n) is 14.0. The number of carboxylic acids is 1. The Morgan fingerprint density at radius 1 is 1.33 bits per heavy atom. The van der Waals surface area contributed by atoms with E-state index in [1.54, 1.807) is 19.2 Å². The van der Waals surface area contributed by atoms with E-state index in [-0.39, 0.29) is 0 Å². The molecule has 0 bridgehead atoms. The molecule has 0 amide bonds. The lowest BCUT2D eigenvalue weighted by molar-refractivity contribution is -0.132. The number of aromatic nitrogens is 1. The number of rotatable bonds is 4. The summed E-state index contributed by atoms with van der Waals surface area (Å²) < 4.78 is 6.65. The summed E-state index contributed by atoms with van der Waals surface area (Å²) >= 11 is 0. The van der Waals surface area contributed by atoms with E-state index >= 15 is 0 Å². The van der Waals surface area contributed by atoms with E-state index < -0.39 is 11.9 Å². The lowest BCUT2D eigenvalue weighted by Gasteiger charge is -2.27. The van der Waals surface area contributed by atoms with E-state index in [1.807, 2.05) is 6.07 Å². The van der Waals surface area contributed by atoms with Crippen LogP contribution in [0.15, 0.2) is 18.2 Å². The van der Waals surface area contributed by atoms with Crippen LogP contribution in [0.4, 0.5) is 0 Å². The first-order valence-corrected chi connectivity index (χ1v) is 8.27. The lowest BCUT2D eigenvalue weighted by atomic mass is 10.0. The molecule has 1 aromatic carbocycles. The Morgan fingerprint density at radius 3 is 2.79 bits per heavy atom. The predicted molar refractivity (Wildman–Crippen MR) is 90.6 cm³/mol. The minimum atomic E-state index is -1.43. The molecule has 6 heteroatoms. The van der Waals surface area contributed by atoms with E-state index in [2.05, 4.69) is 11.8 Å². The summed E-state index contributed by atoms with van der Waals surface area (Å²) in [4.78, 5) is 25.9. The quantitative estimate of drug-likeness (QED) is 0.872. The van der Waals surface area contributed by atoms with Crippen LogP contribution in [0.1, 0.15) is 35.8 Å². The minimum absolute atomic E-state index is 0.603. The van der Waals surface area contributed by atoms with Gasteiger partial charge < -0.3 is 9.84 Å². The third kappa shape index (κ3) is 2.78. The standard InChI is InChI=1S/C18H22N2O4/c1-3-4-8-19-9-7-13-14-10-12(24-2)5-6-15(14)20(16(13)11-19)17(21)18(22)23/h5-6,10H,3-4,7-9,11H2,1-2H3,(H,22,23). The van der Waals surface area contributed by atoms with Gasteiger partial charge in [0, 0.05) is 24.2 Å². The number of unbranched alkanes of at least 4 members (excludes halogenated alkanes) is 1. The van der Waals surface area contributed by atoms with E-state index in [0.717, 1.165) is 49.0 Å². The Balaban J connectivity index is 2.13. The molecule has 1 aromatic heterocycles. The van der Waals surface area contributed by atoms with Gasteiger partial charge in [0.05, 0.1) is 12.6 Å². The fraction of sp³-hybridized carbons (Fsp3) is 0.444. The SMILES string of the molecule is CCCCN1CCc2c(n(C(=O)C(=O)O)c3ccc(OC)cc23)C1. The van der Waals surface area contributed by atoms with Crippen molar-refractivity contribution in [2.75, 3.05) is 20.2 Å². The molecule has 3 rings (SSSR count). The first kappa shape index (κ1) is 16.5. The molecule has 0 saturated heterocycles. The third-order valence-corrected chi connectivity index (χ3v) is 4.65. The van der Waals surface area contributed by atoms with Crippen LogP contribution in [0.3, 0.4) is 0 Å². The van der Waals surface area contributed by atoms with Gasteiger partial charge in [-0.05, 0) is 43.1 Å². The van der Waals surface area contributed by atoms with Crippen molar-refractivity contribution < 1.29 is 19.4 Å². The van der Waals surface area contributed by atoms with Crippen LogP contribution in [0.5, 0.6) is 5.75 Å². The molecule has 0 radical (unpaired) electrons. The number of ether oxygens (including phenoxy) is 1. The summed E-state index contributed by atoms with van der Waals surface area (Å²) in [5.74, 6) is -1.63. The second-order valence-electron chi connectivity index (χ2n) is 6.13. The molecule has 128 valence electrons. The van der Waals surface area contributed by atoms with Crippen LogP contribution in [-0.4, -0.2) is 46.6 Å². The van der Waals surface area contributed by atoms with Gasteiger partial charge in [-0.25, -0.2) is 4.79 Å². The lowest BCUT2D eigenvalue weighted by Crippen LogP contribution is -2.34. The fourth-order valence-electron chi connectivity index (χ4n) is 3.42. The average molecular weight is 330 g/mol. The van der Waals surface area contributed by atoms with Gasteiger partial charge in [0.1, 0.15) is 5.75 Å². The van der Waals surface area contributed by atoms with Gasteiger partial charge >= 0.3 is 11.9 Å². The minimum Gasteiger partial charge on any atom is -0.497 e. The Bertz CT molecular complexity index is 794. The van der Waals surface area contributed by atoms with E-state index in [9.17, 15) is 14.7 Å². The zero-order valence-corrected chi connectivity index (χ0v) is 14.0. The number of aliphatic carboxylic acids is 1. The molecule has 0 atom stereocenters. The maximum atomic E-state index is 12.3. The van der Waals surface area contributed by atoms with Crippen LogP contribution in [-0.2, 0) is 17.8 Å². The Hall–Kier alpha value is -2.34. The summed E-state index contributed by atoms with van der Waals surface area (Å²) in [6.07, 6.45) is 3.01. The van der Waals surface area contributed by atoms with Gasteiger partial charge in [-0.1, -0.05) is 13.3 Å². The molecule has 0 fully saturated rings. The Morgan fingerprint density at radius 2 is 2.12 bits per heavy atom. The van der Waals surface area contributed by atoms with E-state index in [4.69, 9.17) is 4.74 Å². The molecule has 0 unspecified atom stereocenters. The third-order valence-electron chi connectivity index (χ3n) is 4.65. The van der Waals surface area contributed by atoms with E-state index in [0.29, 0.717) is 17.8 Å². The second kappa shape index (κ2) is 6.65. The highest BCUT2D eigenvalue weighted by Crippen LogP contribution is 2.33. The highest BCUT2D eigenvalue weighted by atomic mass is 16.5. The average Bonchev–Trinajstić information content (AvgIpc) is 2.91. The van der Waals surface area contributed by atoms with Gasteiger partial charge in [0.2, 0.25) is 0 Å². The maximum absolute atomic E-state index is 12.3. The Labute approximate surface area is 140 Å². The predicted octanol–water partition coefficient (Wildman–Crippen LogP) is 2.53. The van der Waals surface area contributed by atoms with Crippen molar-refractivity contribution in [1.29, 1.82) is 0 Å². The molecule has 2 aromatic rings. The monoisotopic (exact) mass is 330 g/mol. The number of fused-ring (bicyclic) bond motifs is 3. The van der Waals surface area contributed by atoms with Gasteiger partial charge in [-0.2, -0.15) is 0 Å². The molecule has 2 heterocycles. The van der Waals surface area contributed by atoms with Gasteiger partial charge in [0.15, 0.2) is 0 Å². The van der Waals surface area contributed by atoms with Crippen molar-refractivity contribution >= 4 is 22.8 Å². The van der Waals surface area contributed by atoms with Crippen molar-refractivity contribution in [3.05, 3.63) is 29.5 Å². The van der Waals surface area contributed by atoms with Crippen molar-refractivity contribution in [2.24, 2.45) is 0 Å². The van der Waals surface area contributed by atoms with Crippen LogP contribution >= 0.6 is 0 Å². The van der Waals surface area contributed by atoms with Gasteiger partial charge in [0.25, 0.3) is 0 Å². The first-order valence-electron chi connectivity index (χ1n) is 8.27. The van der Waals surface area contributed by atoms with Crippen LogP contribution < -0.4 is 4.74 Å². The normalized spacial score (nSPS) is 14.6. The number of nitrogens with zero attached hydrogens (tertiary/aromatic N) is 2. The van der Waals surface area contributed by atoms with Gasteiger partial charge in [-0.3, -0.25) is 14.3 Å². The second-order valence-corrected chi connectivity index (χ2v) is 6.13. The smallest absolute Gasteiger partial charge is 0.395 e. The summed E-state index contributed by atoms with van der Waals surface area (Å²) in [5.41, 5.74) is 2.50.